The zero-order valence-electron chi connectivity index (χ0n) is 13.7. The first-order valence-corrected chi connectivity index (χ1v) is 8.42. The standard InChI is InChI=1S/C19H16N2O3S/c1-11-3-4-12(2)15(9-11)20-19-21-17(22)16(25-19)10-13-5-7-14(8-6-13)18(23)24/h3-10H,1-2H3,(H,23,24)(H,20,21,22)/p-1/b16-10+. The number of aliphatic imine (C=N–C) groups is 1. The number of carbonyl (C=O) groups excluding carboxylic acids is 2. The van der Waals surface area contributed by atoms with Gasteiger partial charge in [0.05, 0.1) is 16.6 Å². The number of thioether (sulfide) groups is 1. The summed E-state index contributed by atoms with van der Waals surface area (Å²) in [6, 6.07) is 12.1. The van der Waals surface area contributed by atoms with Crippen molar-refractivity contribution in [3.8, 4) is 0 Å². The van der Waals surface area contributed by atoms with Crippen molar-refractivity contribution in [2.75, 3.05) is 0 Å². The highest BCUT2D eigenvalue weighted by atomic mass is 32.2. The summed E-state index contributed by atoms with van der Waals surface area (Å²) in [5.41, 5.74) is 3.78. The Labute approximate surface area is 149 Å². The van der Waals surface area contributed by atoms with E-state index in [1.54, 1.807) is 18.2 Å². The summed E-state index contributed by atoms with van der Waals surface area (Å²) in [6.45, 7) is 3.96. The number of rotatable bonds is 3. The number of benzene rings is 2. The monoisotopic (exact) mass is 351 g/mol. The fourth-order valence-electron chi connectivity index (χ4n) is 2.30. The van der Waals surface area contributed by atoms with Crippen LogP contribution in [0.25, 0.3) is 6.08 Å². The van der Waals surface area contributed by atoms with Gasteiger partial charge in [0.15, 0.2) is 5.17 Å². The third-order valence-electron chi connectivity index (χ3n) is 3.68. The van der Waals surface area contributed by atoms with E-state index in [0.717, 1.165) is 22.4 Å². The first kappa shape index (κ1) is 17.0. The summed E-state index contributed by atoms with van der Waals surface area (Å²) in [7, 11) is 0. The molecule has 2 aromatic carbocycles. The maximum Gasteiger partial charge on any atom is 0.264 e. The second-order valence-electron chi connectivity index (χ2n) is 5.68. The number of amidine groups is 1. The molecule has 0 bridgehead atoms. The predicted octanol–water partition coefficient (Wildman–Crippen LogP) is 2.56. The minimum Gasteiger partial charge on any atom is -0.545 e. The van der Waals surface area contributed by atoms with E-state index in [4.69, 9.17) is 0 Å². The number of aryl methyl sites for hydroxylation is 2. The molecule has 1 aliphatic heterocycles. The molecule has 2 aromatic rings. The van der Waals surface area contributed by atoms with Crippen LogP contribution in [-0.2, 0) is 4.79 Å². The maximum atomic E-state index is 12.1. The van der Waals surface area contributed by atoms with Crippen molar-refractivity contribution in [1.82, 2.24) is 5.32 Å². The first-order chi connectivity index (χ1) is 11.9. The molecule has 1 fully saturated rings. The van der Waals surface area contributed by atoms with E-state index in [2.05, 4.69) is 10.3 Å². The van der Waals surface area contributed by atoms with Crippen LogP contribution in [0.5, 0.6) is 0 Å². The van der Waals surface area contributed by atoms with Gasteiger partial charge in [0.1, 0.15) is 0 Å². The molecule has 6 heteroatoms. The molecule has 0 aromatic heterocycles. The van der Waals surface area contributed by atoms with Crippen LogP contribution in [0.1, 0.15) is 27.0 Å². The maximum absolute atomic E-state index is 12.1. The van der Waals surface area contributed by atoms with E-state index < -0.39 is 5.97 Å². The second-order valence-corrected chi connectivity index (χ2v) is 6.71. The van der Waals surface area contributed by atoms with Crippen LogP contribution in [0.15, 0.2) is 52.4 Å². The normalized spacial score (nSPS) is 17.1. The Kier molecular flexibility index (Phi) is 4.72. The number of nitrogens with zero attached hydrogens (tertiary/aromatic N) is 1. The molecular formula is C19H15N2O3S-. The Morgan fingerprint density at radius 1 is 1.16 bits per heavy atom. The summed E-state index contributed by atoms with van der Waals surface area (Å²) in [5, 5.41) is 14.0. The molecule has 1 heterocycles. The number of carbonyl (C=O) groups is 2. The Balaban J connectivity index is 1.83. The number of hydrogen-bond acceptors (Lipinski definition) is 5. The van der Waals surface area contributed by atoms with Crippen LogP contribution in [0.2, 0.25) is 0 Å². The lowest BCUT2D eigenvalue weighted by molar-refractivity contribution is -0.255. The van der Waals surface area contributed by atoms with Gasteiger partial charge in [-0.2, -0.15) is 0 Å². The summed E-state index contributed by atoms with van der Waals surface area (Å²) < 4.78 is 0. The average Bonchev–Trinajstić information content (AvgIpc) is 2.91. The molecule has 5 nitrogen and oxygen atoms in total. The fourth-order valence-corrected chi connectivity index (χ4v) is 3.13. The lowest BCUT2D eigenvalue weighted by atomic mass is 10.1. The van der Waals surface area contributed by atoms with Crippen LogP contribution in [-0.4, -0.2) is 17.0 Å². The molecular weight excluding hydrogens is 336 g/mol. The molecule has 3 rings (SSSR count). The Morgan fingerprint density at radius 3 is 2.56 bits per heavy atom. The van der Waals surface area contributed by atoms with Gasteiger partial charge in [-0.25, -0.2) is 4.99 Å². The van der Waals surface area contributed by atoms with Crippen molar-refractivity contribution < 1.29 is 14.7 Å². The van der Waals surface area contributed by atoms with Crippen LogP contribution in [0.3, 0.4) is 0 Å². The Morgan fingerprint density at radius 2 is 1.88 bits per heavy atom. The topological polar surface area (TPSA) is 81.6 Å². The van der Waals surface area contributed by atoms with Gasteiger partial charge >= 0.3 is 0 Å². The van der Waals surface area contributed by atoms with Gasteiger partial charge < -0.3 is 15.2 Å². The van der Waals surface area contributed by atoms with Crippen LogP contribution >= 0.6 is 11.8 Å². The van der Waals surface area contributed by atoms with E-state index in [1.165, 1.54) is 23.9 Å². The molecule has 0 atom stereocenters. The lowest BCUT2D eigenvalue weighted by Crippen LogP contribution is -2.21. The van der Waals surface area contributed by atoms with E-state index in [1.807, 2.05) is 32.0 Å². The SMILES string of the molecule is Cc1ccc(C)c(N=C2NC(=O)/C(=C\c3ccc(C(=O)[O-])cc3)S2)c1. The molecule has 0 radical (unpaired) electrons. The minimum absolute atomic E-state index is 0.0999. The van der Waals surface area contributed by atoms with Crippen molar-refractivity contribution >= 4 is 40.6 Å². The number of nitrogens with one attached hydrogen (secondary N) is 1. The summed E-state index contributed by atoms with van der Waals surface area (Å²) in [4.78, 5) is 27.9. The van der Waals surface area contributed by atoms with Gasteiger partial charge in [-0.1, -0.05) is 36.4 Å². The fraction of sp³-hybridized carbons (Fsp3) is 0.105. The largest absolute Gasteiger partial charge is 0.545 e. The van der Waals surface area contributed by atoms with Gasteiger partial charge in [0, 0.05) is 0 Å². The molecule has 1 aliphatic rings. The van der Waals surface area contributed by atoms with Gasteiger partial charge in [-0.05, 0) is 60.0 Å². The van der Waals surface area contributed by atoms with Crippen LogP contribution in [0.4, 0.5) is 5.69 Å². The Bertz CT molecular complexity index is 915. The van der Waals surface area contributed by atoms with Crippen molar-refractivity contribution in [1.29, 1.82) is 0 Å². The van der Waals surface area contributed by atoms with Gasteiger partial charge in [-0.15, -0.1) is 0 Å². The highest BCUT2D eigenvalue weighted by molar-refractivity contribution is 8.18. The molecule has 0 saturated carbocycles. The lowest BCUT2D eigenvalue weighted by Gasteiger charge is -2.02. The third kappa shape index (κ3) is 3.97. The molecule has 0 spiro atoms. The zero-order chi connectivity index (χ0) is 18.0. The van der Waals surface area contributed by atoms with E-state index in [0.29, 0.717) is 10.1 Å². The summed E-state index contributed by atoms with van der Waals surface area (Å²) in [5.74, 6) is -1.45. The van der Waals surface area contributed by atoms with Crippen molar-refractivity contribution in [2.45, 2.75) is 13.8 Å². The van der Waals surface area contributed by atoms with Crippen molar-refractivity contribution in [3.63, 3.8) is 0 Å². The number of aromatic carboxylic acids is 1. The van der Waals surface area contributed by atoms with Gasteiger partial charge in [0.2, 0.25) is 0 Å². The van der Waals surface area contributed by atoms with E-state index in [-0.39, 0.29) is 11.5 Å². The number of carboxylic acid groups (broad SMARTS) is 1. The van der Waals surface area contributed by atoms with Crippen molar-refractivity contribution in [3.05, 3.63) is 69.6 Å². The highest BCUT2D eigenvalue weighted by Crippen LogP contribution is 2.29. The number of hydrogen-bond donors (Lipinski definition) is 1. The van der Waals surface area contributed by atoms with Crippen molar-refractivity contribution in [2.24, 2.45) is 4.99 Å². The molecule has 1 N–H and O–H groups in total. The average molecular weight is 351 g/mol. The molecule has 126 valence electrons. The summed E-state index contributed by atoms with van der Waals surface area (Å²) >= 11 is 1.26. The first-order valence-electron chi connectivity index (χ1n) is 7.60. The summed E-state index contributed by atoms with van der Waals surface area (Å²) in [6.07, 6.45) is 1.70. The van der Waals surface area contributed by atoms with Crippen LogP contribution < -0.4 is 10.4 Å². The molecule has 0 aliphatic carbocycles. The molecule has 0 unspecified atom stereocenters. The quantitative estimate of drug-likeness (QED) is 0.862. The Hall–Kier alpha value is -2.86. The number of amides is 1. The third-order valence-corrected chi connectivity index (χ3v) is 4.59. The highest BCUT2D eigenvalue weighted by Gasteiger charge is 2.23. The smallest absolute Gasteiger partial charge is 0.264 e. The number of carboxylic acids is 1. The van der Waals surface area contributed by atoms with Gasteiger partial charge in [0.25, 0.3) is 5.91 Å². The van der Waals surface area contributed by atoms with E-state index >= 15 is 0 Å². The van der Waals surface area contributed by atoms with Crippen LogP contribution in [0, 0.1) is 13.8 Å². The van der Waals surface area contributed by atoms with Gasteiger partial charge in [-0.3, -0.25) is 4.79 Å². The van der Waals surface area contributed by atoms with E-state index in [9.17, 15) is 14.7 Å². The zero-order valence-corrected chi connectivity index (χ0v) is 14.5. The second kappa shape index (κ2) is 6.94. The predicted molar refractivity (Wildman–Crippen MR) is 97.5 cm³/mol. The molecule has 1 saturated heterocycles. The molecule has 25 heavy (non-hydrogen) atoms. The minimum atomic E-state index is -1.23. The molecule has 1 amide bonds.